The van der Waals surface area contributed by atoms with Gasteiger partial charge in [-0.3, -0.25) is 4.79 Å². The van der Waals surface area contributed by atoms with Crippen molar-refractivity contribution in [1.82, 2.24) is 10.6 Å². The predicted molar refractivity (Wildman–Crippen MR) is 57.5 cm³/mol. The molecule has 0 fully saturated rings. The number of carboxylic acid groups (broad SMARTS) is 1. The molecule has 1 unspecified atom stereocenters. The Bertz CT molecular complexity index is 261. The van der Waals surface area contributed by atoms with Crippen molar-refractivity contribution in [2.45, 2.75) is 26.8 Å². The van der Waals surface area contributed by atoms with Gasteiger partial charge in [0.2, 0.25) is 5.91 Å². The van der Waals surface area contributed by atoms with E-state index < -0.39 is 5.97 Å². The molecule has 86 valence electrons. The number of hydrogen-bond acceptors (Lipinski definition) is 3. The van der Waals surface area contributed by atoms with E-state index in [0.29, 0.717) is 18.7 Å². The zero-order valence-electron chi connectivity index (χ0n) is 9.33. The predicted octanol–water partition coefficient (Wildman–Crippen LogP) is 0.132. The van der Waals surface area contributed by atoms with Gasteiger partial charge in [0.15, 0.2) is 0 Å². The zero-order chi connectivity index (χ0) is 11.8. The summed E-state index contributed by atoms with van der Waals surface area (Å²) in [6.45, 7) is 6.27. The molecule has 0 aromatic carbocycles. The Morgan fingerprint density at radius 1 is 1.47 bits per heavy atom. The summed E-state index contributed by atoms with van der Waals surface area (Å²) in [6.07, 6.45) is 1.12. The first-order chi connectivity index (χ1) is 6.97. The molecule has 3 N–H and O–H groups in total. The van der Waals surface area contributed by atoms with E-state index in [1.807, 2.05) is 6.92 Å². The lowest BCUT2D eigenvalue weighted by Gasteiger charge is -2.12. The molecule has 1 atom stereocenters. The van der Waals surface area contributed by atoms with Gasteiger partial charge in [0, 0.05) is 19.2 Å². The molecule has 0 aromatic heterocycles. The van der Waals surface area contributed by atoms with Gasteiger partial charge in [-0.2, -0.15) is 0 Å². The Balaban J connectivity index is 3.94. The second kappa shape index (κ2) is 7.00. The Morgan fingerprint density at radius 3 is 2.53 bits per heavy atom. The summed E-state index contributed by atoms with van der Waals surface area (Å²) in [5.41, 5.74) is 0.679. The smallest absolute Gasteiger partial charge is 0.328 e. The third-order valence-electron chi connectivity index (χ3n) is 1.80. The van der Waals surface area contributed by atoms with Crippen LogP contribution >= 0.6 is 0 Å². The average molecular weight is 214 g/mol. The second-order valence-corrected chi connectivity index (χ2v) is 3.33. The van der Waals surface area contributed by atoms with Crippen molar-refractivity contribution in [2.24, 2.45) is 0 Å². The molecule has 0 radical (unpaired) electrons. The van der Waals surface area contributed by atoms with Crippen molar-refractivity contribution in [1.29, 1.82) is 0 Å². The Hall–Kier alpha value is -1.36. The van der Waals surface area contributed by atoms with Gasteiger partial charge in [-0.1, -0.05) is 5.57 Å². The number of aliphatic carboxylic acids is 1. The van der Waals surface area contributed by atoms with Crippen LogP contribution in [0.1, 0.15) is 20.8 Å². The van der Waals surface area contributed by atoms with Crippen LogP contribution in [0.3, 0.4) is 0 Å². The maximum Gasteiger partial charge on any atom is 0.328 e. The molecule has 15 heavy (non-hydrogen) atoms. The van der Waals surface area contributed by atoms with E-state index >= 15 is 0 Å². The van der Waals surface area contributed by atoms with Crippen molar-refractivity contribution < 1.29 is 14.7 Å². The Kier molecular flexibility index (Phi) is 6.37. The number of nitrogens with one attached hydrogen (secondary N) is 2. The Labute approximate surface area is 89.6 Å². The molecule has 5 nitrogen and oxygen atoms in total. The molecule has 1 amide bonds. The van der Waals surface area contributed by atoms with Gasteiger partial charge >= 0.3 is 5.97 Å². The lowest BCUT2D eigenvalue weighted by atomic mass is 10.2. The zero-order valence-corrected chi connectivity index (χ0v) is 9.33. The van der Waals surface area contributed by atoms with Crippen molar-refractivity contribution in [3.63, 3.8) is 0 Å². The summed E-state index contributed by atoms with van der Waals surface area (Å²) in [7, 11) is 0. The molecule has 0 aliphatic heterocycles. The monoisotopic (exact) mass is 214 g/mol. The standard InChI is InChI=1S/C10H18N2O3/c1-4-11-10(15)8(3)12-6-7(2)5-9(13)14/h5,8,12H,4,6H2,1-3H3,(H,11,15)(H,13,14). The van der Waals surface area contributed by atoms with Gasteiger partial charge in [0.25, 0.3) is 0 Å². The fourth-order valence-corrected chi connectivity index (χ4v) is 0.996. The number of amides is 1. The number of likely N-dealkylation sites (N-methyl/N-ethyl adjacent to an activating group) is 1. The van der Waals surface area contributed by atoms with Crippen LogP contribution in [0.2, 0.25) is 0 Å². The maximum absolute atomic E-state index is 11.3. The van der Waals surface area contributed by atoms with E-state index in [1.54, 1.807) is 13.8 Å². The van der Waals surface area contributed by atoms with Crippen LogP contribution in [-0.2, 0) is 9.59 Å². The quantitative estimate of drug-likeness (QED) is 0.549. The van der Waals surface area contributed by atoms with Crippen molar-refractivity contribution in [3.8, 4) is 0 Å². The molecular formula is C10H18N2O3. The van der Waals surface area contributed by atoms with Crippen LogP contribution in [0.25, 0.3) is 0 Å². The highest BCUT2D eigenvalue weighted by atomic mass is 16.4. The summed E-state index contributed by atoms with van der Waals surface area (Å²) in [5.74, 6) is -1.06. The summed E-state index contributed by atoms with van der Waals surface area (Å²) < 4.78 is 0. The average Bonchev–Trinajstić information content (AvgIpc) is 2.13. The van der Waals surface area contributed by atoms with E-state index in [0.717, 1.165) is 6.08 Å². The van der Waals surface area contributed by atoms with E-state index in [2.05, 4.69) is 10.6 Å². The summed E-state index contributed by atoms with van der Waals surface area (Å²) >= 11 is 0. The van der Waals surface area contributed by atoms with E-state index in [9.17, 15) is 9.59 Å². The highest BCUT2D eigenvalue weighted by Crippen LogP contribution is 1.91. The first-order valence-corrected chi connectivity index (χ1v) is 4.88. The molecule has 0 saturated heterocycles. The number of carboxylic acids is 1. The van der Waals surface area contributed by atoms with Crippen LogP contribution in [-0.4, -0.2) is 36.1 Å². The molecular weight excluding hydrogens is 196 g/mol. The number of carbonyl (C=O) groups is 2. The molecule has 0 spiro atoms. The van der Waals surface area contributed by atoms with Crippen LogP contribution in [0.5, 0.6) is 0 Å². The molecule has 0 aliphatic rings. The minimum absolute atomic E-state index is 0.0828. The van der Waals surface area contributed by atoms with Gasteiger partial charge in [0.1, 0.15) is 0 Å². The van der Waals surface area contributed by atoms with Crippen molar-refractivity contribution in [3.05, 3.63) is 11.6 Å². The third-order valence-corrected chi connectivity index (χ3v) is 1.80. The van der Waals surface area contributed by atoms with Crippen LogP contribution in [0, 0.1) is 0 Å². The fraction of sp³-hybridized carbons (Fsp3) is 0.600. The number of hydrogen-bond donors (Lipinski definition) is 3. The summed E-state index contributed by atoms with van der Waals surface area (Å²) in [6, 6.07) is -0.318. The first kappa shape index (κ1) is 13.6. The second-order valence-electron chi connectivity index (χ2n) is 3.33. The van der Waals surface area contributed by atoms with E-state index in [-0.39, 0.29) is 11.9 Å². The van der Waals surface area contributed by atoms with Crippen molar-refractivity contribution >= 4 is 11.9 Å². The van der Waals surface area contributed by atoms with Crippen LogP contribution in [0.4, 0.5) is 0 Å². The molecule has 0 bridgehead atoms. The van der Waals surface area contributed by atoms with Gasteiger partial charge in [-0.05, 0) is 20.8 Å². The largest absolute Gasteiger partial charge is 0.478 e. The number of carbonyl (C=O) groups excluding carboxylic acids is 1. The molecule has 0 aromatic rings. The molecule has 0 rings (SSSR count). The SMILES string of the molecule is CCNC(=O)C(C)NCC(C)=CC(=O)O. The molecule has 0 saturated carbocycles. The van der Waals surface area contributed by atoms with Gasteiger partial charge < -0.3 is 15.7 Å². The fourth-order valence-electron chi connectivity index (χ4n) is 0.996. The molecule has 0 heterocycles. The van der Waals surface area contributed by atoms with Crippen LogP contribution in [0.15, 0.2) is 11.6 Å². The highest BCUT2D eigenvalue weighted by molar-refractivity contribution is 5.81. The van der Waals surface area contributed by atoms with Gasteiger partial charge in [-0.15, -0.1) is 0 Å². The highest BCUT2D eigenvalue weighted by Gasteiger charge is 2.10. The van der Waals surface area contributed by atoms with Gasteiger partial charge in [0.05, 0.1) is 6.04 Å². The first-order valence-electron chi connectivity index (χ1n) is 4.88. The lowest BCUT2D eigenvalue weighted by molar-refractivity contribution is -0.131. The summed E-state index contributed by atoms with van der Waals surface area (Å²) in [4.78, 5) is 21.6. The Morgan fingerprint density at radius 2 is 2.07 bits per heavy atom. The minimum atomic E-state index is -0.972. The number of rotatable bonds is 6. The minimum Gasteiger partial charge on any atom is -0.478 e. The van der Waals surface area contributed by atoms with Crippen molar-refractivity contribution in [2.75, 3.05) is 13.1 Å². The molecule has 0 aliphatic carbocycles. The third kappa shape index (κ3) is 6.68. The normalized spacial score (nSPS) is 13.4. The summed E-state index contributed by atoms with van der Waals surface area (Å²) in [5, 5.41) is 14.1. The van der Waals surface area contributed by atoms with E-state index in [1.165, 1.54) is 0 Å². The lowest BCUT2D eigenvalue weighted by Crippen LogP contribution is -2.42. The molecule has 5 heteroatoms. The van der Waals surface area contributed by atoms with Crippen LogP contribution < -0.4 is 10.6 Å². The maximum atomic E-state index is 11.3. The topological polar surface area (TPSA) is 78.4 Å². The van der Waals surface area contributed by atoms with Gasteiger partial charge in [-0.25, -0.2) is 4.79 Å². The van der Waals surface area contributed by atoms with E-state index in [4.69, 9.17) is 5.11 Å².